The maximum atomic E-state index is 12.0. The normalized spacial score (nSPS) is 16.5. The Morgan fingerprint density at radius 3 is 2.62 bits per heavy atom. The van der Waals surface area contributed by atoms with Gasteiger partial charge in [-0.1, -0.05) is 0 Å². The lowest BCUT2D eigenvalue weighted by Gasteiger charge is -2.18. The average Bonchev–Trinajstić information content (AvgIpc) is 2.69. The molecule has 1 aromatic rings. The number of carbonyl (C=O) groups excluding carboxylic acids is 1. The smallest absolute Gasteiger partial charge is 0.337 e. The Morgan fingerprint density at radius 1 is 1.29 bits per heavy atom. The number of carboxylic acids is 1. The molecule has 0 spiro atoms. The standard InChI is InChI=1S/C14H17NO6/c1-14(19,13(17)18)8-15-12(16)9-3-4-10-11(7-9)21-6-2-5-20-10/h3-4,7,19H,2,5-6,8H2,1H3,(H,15,16)(H,17,18). The molecular weight excluding hydrogens is 278 g/mol. The number of aliphatic carboxylic acids is 1. The Bertz CT molecular complexity index is 554. The van der Waals surface area contributed by atoms with E-state index >= 15 is 0 Å². The van der Waals surface area contributed by atoms with Gasteiger partial charge < -0.3 is 25.0 Å². The predicted octanol–water partition coefficient (Wildman–Crippen LogP) is 0.413. The van der Waals surface area contributed by atoms with E-state index in [1.54, 1.807) is 12.1 Å². The Labute approximate surface area is 121 Å². The van der Waals surface area contributed by atoms with Crippen LogP contribution in [0.25, 0.3) is 0 Å². The van der Waals surface area contributed by atoms with E-state index in [0.29, 0.717) is 30.3 Å². The Hall–Kier alpha value is -2.28. The van der Waals surface area contributed by atoms with Crippen LogP contribution in [-0.2, 0) is 4.79 Å². The number of carboxylic acid groups (broad SMARTS) is 1. The van der Waals surface area contributed by atoms with Crippen LogP contribution in [0.15, 0.2) is 18.2 Å². The van der Waals surface area contributed by atoms with Crippen LogP contribution in [0, 0.1) is 0 Å². The van der Waals surface area contributed by atoms with Crippen molar-refractivity contribution in [2.45, 2.75) is 18.9 Å². The molecule has 1 aliphatic heterocycles. The number of fused-ring (bicyclic) bond motifs is 1. The first-order valence-corrected chi connectivity index (χ1v) is 6.54. The van der Waals surface area contributed by atoms with Gasteiger partial charge in [0.05, 0.1) is 19.8 Å². The second-order valence-corrected chi connectivity index (χ2v) is 4.97. The van der Waals surface area contributed by atoms with Gasteiger partial charge in [-0.15, -0.1) is 0 Å². The fourth-order valence-electron chi connectivity index (χ4n) is 1.73. The van der Waals surface area contributed by atoms with Crippen LogP contribution >= 0.6 is 0 Å². The van der Waals surface area contributed by atoms with Crippen molar-refractivity contribution < 1.29 is 29.3 Å². The SMILES string of the molecule is CC(O)(CNC(=O)c1ccc2c(c1)OCCCO2)C(=O)O. The summed E-state index contributed by atoms with van der Waals surface area (Å²) in [5.74, 6) is -0.847. The van der Waals surface area contributed by atoms with Crippen LogP contribution in [0.4, 0.5) is 0 Å². The van der Waals surface area contributed by atoms with Gasteiger partial charge in [0.15, 0.2) is 17.1 Å². The molecule has 0 aliphatic carbocycles. The molecule has 7 heteroatoms. The molecule has 1 amide bonds. The van der Waals surface area contributed by atoms with E-state index in [0.717, 1.165) is 13.3 Å². The van der Waals surface area contributed by atoms with Crippen molar-refractivity contribution >= 4 is 11.9 Å². The number of rotatable bonds is 4. The van der Waals surface area contributed by atoms with Crippen molar-refractivity contribution in [1.29, 1.82) is 0 Å². The summed E-state index contributed by atoms with van der Waals surface area (Å²) in [7, 11) is 0. The van der Waals surface area contributed by atoms with Crippen molar-refractivity contribution in [1.82, 2.24) is 5.32 Å². The fraction of sp³-hybridized carbons (Fsp3) is 0.429. The Balaban J connectivity index is 2.06. The summed E-state index contributed by atoms with van der Waals surface area (Å²) in [6, 6.07) is 4.72. The summed E-state index contributed by atoms with van der Waals surface area (Å²) < 4.78 is 10.9. The molecule has 1 aliphatic rings. The summed E-state index contributed by atoms with van der Waals surface area (Å²) in [6.45, 7) is 1.78. The highest BCUT2D eigenvalue weighted by atomic mass is 16.5. The topological polar surface area (TPSA) is 105 Å². The minimum Gasteiger partial charge on any atom is -0.490 e. The number of benzene rings is 1. The van der Waals surface area contributed by atoms with Gasteiger partial charge >= 0.3 is 5.97 Å². The van der Waals surface area contributed by atoms with Crippen molar-refractivity contribution in [3.8, 4) is 11.5 Å². The molecule has 114 valence electrons. The van der Waals surface area contributed by atoms with Crippen molar-refractivity contribution in [3.63, 3.8) is 0 Å². The lowest BCUT2D eigenvalue weighted by Crippen LogP contribution is -2.46. The highest BCUT2D eigenvalue weighted by Crippen LogP contribution is 2.30. The molecule has 0 saturated carbocycles. The monoisotopic (exact) mass is 295 g/mol. The molecule has 1 heterocycles. The lowest BCUT2D eigenvalue weighted by molar-refractivity contribution is -0.155. The van der Waals surface area contributed by atoms with Crippen LogP contribution in [0.2, 0.25) is 0 Å². The second-order valence-electron chi connectivity index (χ2n) is 4.97. The molecular formula is C14H17NO6. The van der Waals surface area contributed by atoms with Gasteiger partial charge in [-0.3, -0.25) is 4.79 Å². The Kier molecular flexibility index (Phi) is 4.32. The first-order valence-electron chi connectivity index (χ1n) is 6.54. The first-order chi connectivity index (χ1) is 9.90. The summed E-state index contributed by atoms with van der Waals surface area (Å²) in [5.41, 5.74) is -1.71. The number of amides is 1. The number of ether oxygens (including phenoxy) is 2. The van der Waals surface area contributed by atoms with E-state index in [2.05, 4.69) is 5.32 Å². The van der Waals surface area contributed by atoms with Crippen molar-refractivity contribution in [2.24, 2.45) is 0 Å². The molecule has 1 aromatic carbocycles. The molecule has 0 radical (unpaired) electrons. The molecule has 21 heavy (non-hydrogen) atoms. The van der Waals surface area contributed by atoms with Crippen LogP contribution < -0.4 is 14.8 Å². The van der Waals surface area contributed by atoms with E-state index in [1.807, 2.05) is 0 Å². The Morgan fingerprint density at radius 2 is 1.95 bits per heavy atom. The highest BCUT2D eigenvalue weighted by molar-refractivity contribution is 5.95. The third-order valence-electron chi connectivity index (χ3n) is 3.06. The first kappa shape index (κ1) is 15.1. The summed E-state index contributed by atoms with van der Waals surface area (Å²) >= 11 is 0. The van der Waals surface area contributed by atoms with Crippen LogP contribution in [0.3, 0.4) is 0 Å². The van der Waals surface area contributed by atoms with Crippen molar-refractivity contribution in [3.05, 3.63) is 23.8 Å². The third-order valence-corrected chi connectivity index (χ3v) is 3.06. The third kappa shape index (κ3) is 3.63. The molecule has 0 bridgehead atoms. The zero-order valence-electron chi connectivity index (χ0n) is 11.6. The minimum atomic E-state index is -2.01. The van der Waals surface area contributed by atoms with E-state index in [9.17, 15) is 14.7 Å². The molecule has 1 atom stereocenters. The predicted molar refractivity (Wildman–Crippen MR) is 72.6 cm³/mol. The van der Waals surface area contributed by atoms with Crippen LogP contribution in [-0.4, -0.2) is 47.4 Å². The average molecular weight is 295 g/mol. The molecule has 7 nitrogen and oxygen atoms in total. The molecule has 1 unspecified atom stereocenters. The fourth-order valence-corrected chi connectivity index (χ4v) is 1.73. The molecule has 0 saturated heterocycles. The van der Waals surface area contributed by atoms with Gasteiger partial charge in [0.25, 0.3) is 5.91 Å². The molecule has 3 N–H and O–H groups in total. The number of hydrogen-bond acceptors (Lipinski definition) is 5. The molecule has 0 fully saturated rings. The summed E-state index contributed by atoms with van der Waals surface area (Å²) in [4.78, 5) is 22.7. The van der Waals surface area contributed by atoms with Crippen molar-refractivity contribution in [2.75, 3.05) is 19.8 Å². The lowest BCUT2D eigenvalue weighted by atomic mass is 10.1. The van der Waals surface area contributed by atoms with Gasteiger partial charge in [0.2, 0.25) is 0 Å². The van der Waals surface area contributed by atoms with E-state index in [4.69, 9.17) is 14.6 Å². The summed E-state index contributed by atoms with van der Waals surface area (Å²) in [6.07, 6.45) is 0.762. The zero-order valence-corrected chi connectivity index (χ0v) is 11.6. The van der Waals surface area contributed by atoms with E-state index in [-0.39, 0.29) is 0 Å². The quantitative estimate of drug-likeness (QED) is 0.743. The largest absolute Gasteiger partial charge is 0.490 e. The second kappa shape index (κ2) is 6.01. The molecule has 0 aromatic heterocycles. The van der Waals surface area contributed by atoms with Gasteiger partial charge in [-0.05, 0) is 25.1 Å². The highest BCUT2D eigenvalue weighted by Gasteiger charge is 2.30. The van der Waals surface area contributed by atoms with Crippen LogP contribution in [0.1, 0.15) is 23.7 Å². The zero-order chi connectivity index (χ0) is 15.5. The molecule has 2 rings (SSSR count). The number of nitrogens with one attached hydrogen (secondary N) is 1. The maximum Gasteiger partial charge on any atom is 0.337 e. The number of aliphatic hydroxyl groups is 1. The maximum absolute atomic E-state index is 12.0. The van der Waals surface area contributed by atoms with Gasteiger partial charge in [-0.25, -0.2) is 4.79 Å². The summed E-state index contributed by atoms with van der Waals surface area (Å²) in [5, 5.41) is 20.7. The van der Waals surface area contributed by atoms with E-state index in [1.165, 1.54) is 6.07 Å². The number of carbonyl (C=O) groups is 2. The van der Waals surface area contributed by atoms with Gasteiger partial charge in [0, 0.05) is 12.0 Å². The minimum absolute atomic E-state index is 0.306. The van der Waals surface area contributed by atoms with E-state index < -0.39 is 24.0 Å². The van der Waals surface area contributed by atoms with Gasteiger partial charge in [-0.2, -0.15) is 0 Å². The number of hydrogen-bond donors (Lipinski definition) is 3. The van der Waals surface area contributed by atoms with Crippen LogP contribution in [0.5, 0.6) is 11.5 Å². The van der Waals surface area contributed by atoms with Gasteiger partial charge in [0.1, 0.15) is 0 Å².